The van der Waals surface area contributed by atoms with Crippen LogP contribution >= 0.6 is 0 Å². The molecule has 3 aromatic carbocycles. The van der Waals surface area contributed by atoms with E-state index < -0.39 is 0 Å². The summed E-state index contributed by atoms with van der Waals surface area (Å²) in [5.74, 6) is 1.93. The van der Waals surface area contributed by atoms with Gasteiger partial charge in [0.05, 0.1) is 31.5 Å². The Morgan fingerprint density at radius 1 is 0.793 bits per heavy atom. The largest absolute Gasteiger partial charge is 0.497 e. The molecule has 0 bridgehead atoms. The first-order valence-electron chi connectivity index (χ1n) is 9.89. The van der Waals surface area contributed by atoms with Crippen molar-refractivity contribution in [3.63, 3.8) is 0 Å². The highest BCUT2D eigenvalue weighted by Crippen LogP contribution is 2.29. The maximum Gasteiger partial charge on any atom is 0.209 e. The van der Waals surface area contributed by atoms with Crippen LogP contribution in [0.3, 0.4) is 0 Å². The molecular weight excluding hydrogens is 360 g/mol. The van der Waals surface area contributed by atoms with Gasteiger partial charge in [-0.15, -0.1) is 0 Å². The summed E-state index contributed by atoms with van der Waals surface area (Å²) in [7, 11) is 1.70. The Labute approximate surface area is 170 Å². The second kappa shape index (κ2) is 7.60. The van der Waals surface area contributed by atoms with Gasteiger partial charge in [-0.1, -0.05) is 54.6 Å². The highest BCUT2D eigenvalue weighted by molar-refractivity contribution is 5.79. The molecule has 0 aliphatic carbocycles. The first-order valence-corrected chi connectivity index (χ1v) is 9.89. The second-order valence-electron chi connectivity index (χ2n) is 7.47. The molecule has 0 spiro atoms. The summed E-state index contributed by atoms with van der Waals surface area (Å²) in [4.78, 5) is 9.75. The molecule has 0 atom stereocenters. The van der Waals surface area contributed by atoms with Gasteiger partial charge in [0.25, 0.3) is 0 Å². The highest BCUT2D eigenvalue weighted by Gasteiger charge is 2.26. The smallest absolute Gasteiger partial charge is 0.209 e. The van der Waals surface area contributed by atoms with Crippen molar-refractivity contribution in [1.29, 1.82) is 0 Å². The summed E-state index contributed by atoms with van der Waals surface area (Å²) in [6.07, 6.45) is 0. The zero-order chi connectivity index (χ0) is 19.6. The Morgan fingerprint density at radius 2 is 1.52 bits per heavy atom. The first-order chi connectivity index (χ1) is 14.3. The third kappa shape index (κ3) is 3.57. The lowest BCUT2D eigenvalue weighted by molar-refractivity contribution is 0.189. The average Bonchev–Trinajstić information content (AvgIpc) is 3.14. The molecule has 0 saturated carbocycles. The van der Waals surface area contributed by atoms with E-state index in [9.17, 15) is 0 Å². The van der Waals surface area contributed by atoms with Crippen molar-refractivity contribution < 1.29 is 4.74 Å². The van der Waals surface area contributed by atoms with E-state index in [2.05, 4.69) is 81.1 Å². The monoisotopic (exact) mass is 384 g/mol. The van der Waals surface area contributed by atoms with Gasteiger partial charge in [-0.25, -0.2) is 4.98 Å². The summed E-state index contributed by atoms with van der Waals surface area (Å²) in [5.41, 5.74) is 4.79. The fraction of sp³-hybridized carbons (Fsp3) is 0.208. The van der Waals surface area contributed by atoms with Crippen LogP contribution in [0.4, 0.5) is 5.95 Å². The Bertz CT molecular complexity index is 1100. The van der Waals surface area contributed by atoms with E-state index in [0.717, 1.165) is 43.6 Å². The Balaban J connectivity index is 1.47. The van der Waals surface area contributed by atoms with Crippen LogP contribution in [0.5, 0.6) is 5.75 Å². The van der Waals surface area contributed by atoms with Crippen LogP contribution in [0, 0.1) is 0 Å². The van der Waals surface area contributed by atoms with Crippen LogP contribution in [0.25, 0.3) is 11.0 Å². The number of nitrogens with zero attached hydrogens (tertiary/aromatic N) is 4. The second-order valence-corrected chi connectivity index (χ2v) is 7.47. The summed E-state index contributed by atoms with van der Waals surface area (Å²) in [5, 5.41) is 0. The molecule has 1 aliphatic rings. The number of anilines is 1. The minimum atomic E-state index is 0.827. The van der Waals surface area contributed by atoms with Gasteiger partial charge in [-0.3, -0.25) is 9.47 Å². The quantitative estimate of drug-likeness (QED) is 0.508. The molecule has 1 aromatic heterocycles. The number of hydrogen-bond donors (Lipinski definition) is 0. The third-order valence-electron chi connectivity index (χ3n) is 5.41. The van der Waals surface area contributed by atoms with Gasteiger partial charge in [0.1, 0.15) is 5.75 Å². The Kier molecular flexibility index (Phi) is 4.66. The normalized spacial score (nSPS) is 14.2. The topological polar surface area (TPSA) is 33.5 Å². The number of fused-ring (bicyclic) bond motifs is 3. The molecule has 4 aromatic rings. The zero-order valence-electron chi connectivity index (χ0n) is 16.5. The van der Waals surface area contributed by atoms with Gasteiger partial charge in [0.15, 0.2) is 0 Å². The number of rotatable bonds is 5. The molecule has 0 unspecified atom stereocenters. The molecule has 0 fully saturated rings. The van der Waals surface area contributed by atoms with Crippen molar-refractivity contribution in [3.05, 3.63) is 90.0 Å². The lowest BCUT2D eigenvalue weighted by Gasteiger charge is -2.37. The van der Waals surface area contributed by atoms with Gasteiger partial charge >= 0.3 is 0 Å². The van der Waals surface area contributed by atoms with Gasteiger partial charge < -0.3 is 9.64 Å². The molecular formula is C24H24N4O. The van der Waals surface area contributed by atoms with Crippen LogP contribution in [-0.2, 0) is 19.8 Å². The number of aromatic nitrogens is 2. The van der Waals surface area contributed by atoms with E-state index in [1.54, 1.807) is 7.11 Å². The molecule has 146 valence electrons. The lowest BCUT2D eigenvalue weighted by atomic mass is 10.2. The van der Waals surface area contributed by atoms with Crippen LogP contribution in [0.1, 0.15) is 11.1 Å². The molecule has 29 heavy (non-hydrogen) atoms. The Morgan fingerprint density at radius 3 is 2.31 bits per heavy atom. The standard InChI is InChI=1S/C24H24N4O/c1-29-21-13-11-20(12-14-21)15-26-17-27(16-19-7-3-2-4-8-19)24-25-22-9-5-6-10-23(22)28(24)18-26/h2-14H,15-18H2,1H3. The fourth-order valence-electron chi connectivity index (χ4n) is 4.01. The van der Waals surface area contributed by atoms with E-state index in [-0.39, 0.29) is 0 Å². The van der Waals surface area contributed by atoms with Gasteiger partial charge in [-0.05, 0) is 35.4 Å². The van der Waals surface area contributed by atoms with Crippen LogP contribution in [0.2, 0.25) is 0 Å². The van der Waals surface area contributed by atoms with Crippen molar-refractivity contribution in [1.82, 2.24) is 14.5 Å². The molecule has 5 nitrogen and oxygen atoms in total. The predicted molar refractivity (Wildman–Crippen MR) is 116 cm³/mol. The number of para-hydroxylation sites is 2. The summed E-state index contributed by atoms with van der Waals surface area (Å²) in [6.45, 7) is 3.38. The van der Waals surface area contributed by atoms with E-state index in [4.69, 9.17) is 9.72 Å². The predicted octanol–water partition coefficient (Wildman–Crippen LogP) is 4.48. The molecule has 1 aliphatic heterocycles. The van der Waals surface area contributed by atoms with Crippen molar-refractivity contribution in [3.8, 4) is 5.75 Å². The van der Waals surface area contributed by atoms with Crippen molar-refractivity contribution in [2.75, 3.05) is 18.7 Å². The minimum absolute atomic E-state index is 0.827. The maximum absolute atomic E-state index is 5.29. The highest BCUT2D eigenvalue weighted by atomic mass is 16.5. The molecule has 0 N–H and O–H groups in total. The van der Waals surface area contributed by atoms with Crippen LogP contribution in [-0.4, -0.2) is 28.2 Å². The number of imidazole rings is 1. The minimum Gasteiger partial charge on any atom is -0.497 e. The third-order valence-corrected chi connectivity index (χ3v) is 5.41. The summed E-state index contributed by atoms with van der Waals surface area (Å²) >= 11 is 0. The number of ether oxygens (including phenoxy) is 1. The average molecular weight is 384 g/mol. The number of benzene rings is 3. The van der Waals surface area contributed by atoms with E-state index in [1.807, 2.05) is 12.1 Å². The van der Waals surface area contributed by atoms with E-state index in [0.29, 0.717) is 0 Å². The van der Waals surface area contributed by atoms with Crippen LogP contribution < -0.4 is 9.64 Å². The van der Waals surface area contributed by atoms with Crippen molar-refractivity contribution >= 4 is 17.0 Å². The van der Waals surface area contributed by atoms with Crippen LogP contribution in [0.15, 0.2) is 78.9 Å². The van der Waals surface area contributed by atoms with E-state index in [1.165, 1.54) is 16.6 Å². The molecule has 2 heterocycles. The number of hydrogen-bond acceptors (Lipinski definition) is 4. The molecule has 0 saturated heterocycles. The van der Waals surface area contributed by atoms with Crippen molar-refractivity contribution in [2.45, 2.75) is 19.8 Å². The molecule has 0 amide bonds. The molecule has 5 rings (SSSR count). The van der Waals surface area contributed by atoms with E-state index >= 15 is 0 Å². The summed E-state index contributed by atoms with van der Waals surface area (Å²) < 4.78 is 7.62. The molecule has 5 heteroatoms. The first kappa shape index (κ1) is 17.8. The lowest BCUT2D eigenvalue weighted by Crippen LogP contribution is -2.44. The SMILES string of the molecule is COc1ccc(CN2CN(Cc3ccccc3)c3nc4ccccc4n3C2)cc1. The summed E-state index contributed by atoms with van der Waals surface area (Å²) in [6, 6.07) is 27.3. The Hall–Kier alpha value is -3.31. The zero-order valence-corrected chi connectivity index (χ0v) is 16.5. The molecule has 0 radical (unpaired) electrons. The maximum atomic E-state index is 5.29. The fourth-order valence-corrected chi connectivity index (χ4v) is 4.01. The van der Waals surface area contributed by atoms with Gasteiger partial charge in [0.2, 0.25) is 5.95 Å². The number of methoxy groups -OCH3 is 1. The van der Waals surface area contributed by atoms with Gasteiger partial charge in [-0.2, -0.15) is 0 Å². The van der Waals surface area contributed by atoms with Crippen molar-refractivity contribution in [2.24, 2.45) is 0 Å². The van der Waals surface area contributed by atoms with Gasteiger partial charge in [0, 0.05) is 13.1 Å².